The molecule has 0 spiro atoms. The first kappa shape index (κ1) is 14.7. The van der Waals surface area contributed by atoms with E-state index >= 15 is 0 Å². The van der Waals surface area contributed by atoms with Crippen molar-refractivity contribution in [3.63, 3.8) is 0 Å². The molecule has 0 aliphatic heterocycles. The molecule has 2 N–H and O–H groups in total. The lowest BCUT2D eigenvalue weighted by molar-refractivity contribution is -0.144. The maximum atomic E-state index is 11.3. The maximum Gasteiger partial charge on any atom is 0.130 e. The summed E-state index contributed by atoms with van der Waals surface area (Å²) in [5, 5.41) is 20.4. The quantitative estimate of drug-likeness (QED) is 0.779. The minimum Gasteiger partial charge on any atom is -0.497 e. The SMILES string of the molecule is COc1ccc(C(C=O)C(C)(O)C(C)(C)O)cc1. The Hall–Kier alpha value is -1.39. The van der Waals surface area contributed by atoms with Gasteiger partial charge in [-0.3, -0.25) is 0 Å². The van der Waals surface area contributed by atoms with E-state index < -0.39 is 17.1 Å². The third-order valence-electron chi connectivity index (χ3n) is 3.46. The zero-order valence-electron chi connectivity index (χ0n) is 11.2. The Labute approximate surface area is 107 Å². The van der Waals surface area contributed by atoms with Crippen molar-refractivity contribution in [2.75, 3.05) is 7.11 Å². The van der Waals surface area contributed by atoms with Crippen LogP contribution in [0.5, 0.6) is 5.75 Å². The van der Waals surface area contributed by atoms with Crippen LogP contribution in [0.4, 0.5) is 0 Å². The zero-order valence-corrected chi connectivity index (χ0v) is 11.2. The number of aldehydes is 1. The highest BCUT2D eigenvalue weighted by molar-refractivity contribution is 5.65. The molecule has 18 heavy (non-hydrogen) atoms. The summed E-state index contributed by atoms with van der Waals surface area (Å²) in [5.74, 6) is -0.130. The molecule has 0 fully saturated rings. The van der Waals surface area contributed by atoms with Crippen LogP contribution < -0.4 is 4.74 Å². The van der Waals surface area contributed by atoms with Crippen molar-refractivity contribution >= 4 is 6.29 Å². The average Bonchev–Trinajstić information content (AvgIpc) is 2.29. The van der Waals surface area contributed by atoms with Gasteiger partial charge in [0.25, 0.3) is 0 Å². The third kappa shape index (κ3) is 2.71. The van der Waals surface area contributed by atoms with Gasteiger partial charge in [0.2, 0.25) is 0 Å². The van der Waals surface area contributed by atoms with E-state index in [9.17, 15) is 15.0 Å². The molecule has 0 aliphatic rings. The van der Waals surface area contributed by atoms with E-state index in [1.54, 1.807) is 31.4 Å². The van der Waals surface area contributed by atoms with Gasteiger partial charge < -0.3 is 19.7 Å². The molecule has 4 heteroatoms. The molecule has 0 radical (unpaired) electrons. The van der Waals surface area contributed by atoms with Gasteiger partial charge in [-0.1, -0.05) is 12.1 Å². The summed E-state index contributed by atoms with van der Waals surface area (Å²) in [5.41, 5.74) is -2.31. The second-order valence-electron chi connectivity index (χ2n) is 5.09. The molecule has 0 saturated carbocycles. The van der Waals surface area contributed by atoms with Crippen LogP contribution in [0.25, 0.3) is 0 Å². The monoisotopic (exact) mass is 252 g/mol. The number of methoxy groups -OCH3 is 1. The first-order chi connectivity index (χ1) is 8.24. The predicted octanol–water partition coefficient (Wildman–Crippen LogP) is 1.50. The van der Waals surface area contributed by atoms with Crippen molar-refractivity contribution in [3.05, 3.63) is 29.8 Å². The minimum atomic E-state index is -1.55. The minimum absolute atomic E-state index is 0.637. The predicted molar refractivity (Wildman–Crippen MR) is 68.7 cm³/mol. The van der Waals surface area contributed by atoms with Gasteiger partial charge in [0.1, 0.15) is 17.6 Å². The molecule has 1 aromatic carbocycles. The van der Waals surface area contributed by atoms with Gasteiger partial charge in [0.15, 0.2) is 0 Å². The number of ether oxygens (including phenoxy) is 1. The highest BCUT2D eigenvalue weighted by Crippen LogP contribution is 2.35. The number of rotatable bonds is 5. The Balaban J connectivity index is 3.13. The molecule has 0 heterocycles. The molecule has 2 atom stereocenters. The van der Waals surface area contributed by atoms with Crippen molar-refractivity contribution in [1.29, 1.82) is 0 Å². The summed E-state index contributed by atoms with van der Waals surface area (Å²) >= 11 is 0. The molecule has 1 aromatic rings. The fourth-order valence-electron chi connectivity index (χ4n) is 1.73. The van der Waals surface area contributed by atoms with Crippen LogP contribution in [0.1, 0.15) is 32.3 Å². The second-order valence-corrected chi connectivity index (χ2v) is 5.09. The Kier molecular flexibility index (Phi) is 4.14. The van der Waals surface area contributed by atoms with Crippen LogP contribution in [0.2, 0.25) is 0 Å². The summed E-state index contributed by atoms with van der Waals surface area (Å²) < 4.78 is 5.04. The van der Waals surface area contributed by atoms with Crippen LogP contribution in [-0.4, -0.2) is 34.8 Å². The van der Waals surface area contributed by atoms with Gasteiger partial charge in [-0.05, 0) is 38.5 Å². The van der Waals surface area contributed by atoms with E-state index in [4.69, 9.17) is 4.74 Å². The van der Waals surface area contributed by atoms with Gasteiger partial charge in [-0.15, -0.1) is 0 Å². The second kappa shape index (κ2) is 5.08. The Morgan fingerprint density at radius 1 is 1.17 bits per heavy atom. The van der Waals surface area contributed by atoms with Crippen molar-refractivity contribution in [3.8, 4) is 5.75 Å². The molecule has 0 aliphatic carbocycles. The van der Waals surface area contributed by atoms with E-state index in [1.807, 2.05) is 0 Å². The number of carbonyl (C=O) groups is 1. The van der Waals surface area contributed by atoms with E-state index in [1.165, 1.54) is 20.8 Å². The molecular formula is C14H20O4. The lowest BCUT2D eigenvalue weighted by atomic mass is 9.74. The third-order valence-corrected chi connectivity index (χ3v) is 3.46. The van der Waals surface area contributed by atoms with Crippen molar-refractivity contribution in [2.24, 2.45) is 0 Å². The van der Waals surface area contributed by atoms with E-state index in [0.717, 1.165) is 0 Å². The summed E-state index contributed by atoms with van der Waals surface area (Å²) in [6, 6.07) is 6.84. The standard InChI is InChI=1S/C14H20O4/c1-13(2,16)14(3,17)12(9-15)10-5-7-11(18-4)8-6-10/h5-9,12,16-17H,1-4H3. The lowest BCUT2D eigenvalue weighted by Gasteiger charge is -2.39. The largest absolute Gasteiger partial charge is 0.497 e. The van der Waals surface area contributed by atoms with Crippen LogP contribution >= 0.6 is 0 Å². The highest BCUT2D eigenvalue weighted by Gasteiger charge is 2.45. The Morgan fingerprint density at radius 3 is 2.00 bits per heavy atom. The lowest BCUT2D eigenvalue weighted by Crippen LogP contribution is -2.52. The number of aliphatic hydroxyl groups is 2. The van der Waals surface area contributed by atoms with Crippen molar-refractivity contribution < 1.29 is 19.7 Å². The average molecular weight is 252 g/mol. The maximum absolute atomic E-state index is 11.3. The molecule has 2 unspecified atom stereocenters. The van der Waals surface area contributed by atoms with Gasteiger partial charge in [0, 0.05) is 0 Å². The molecule has 4 nitrogen and oxygen atoms in total. The Morgan fingerprint density at radius 2 is 1.67 bits per heavy atom. The molecule has 0 saturated heterocycles. The smallest absolute Gasteiger partial charge is 0.130 e. The van der Waals surface area contributed by atoms with Gasteiger partial charge in [-0.25, -0.2) is 0 Å². The van der Waals surface area contributed by atoms with Crippen LogP contribution in [0.15, 0.2) is 24.3 Å². The Bertz CT molecular complexity index is 401. The van der Waals surface area contributed by atoms with Crippen LogP contribution in [-0.2, 0) is 4.79 Å². The van der Waals surface area contributed by atoms with Crippen LogP contribution in [0, 0.1) is 0 Å². The summed E-state index contributed by atoms with van der Waals surface area (Å²) in [6.07, 6.45) is 0.653. The molecule has 100 valence electrons. The fourth-order valence-corrected chi connectivity index (χ4v) is 1.73. The van der Waals surface area contributed by atoms with Gasteiger partial charge in [0.05, 0.1) is 18.6 Å². The van der Waals surface area contributed by atoms with Crippen molar-refractivity contribution in [1.82, 2.24) is 0 Å². The van der Waals surface area contributed by atoms with E-state index in [2.05, 4.69) is 0 Å². The highest BCUT2D eigenvalue weighted by atomic mass is 16.5. The van der Waals surface area contributed by atoms with Crippen LogP contribution in [0.3, 0.4) is 0 Å². The summed E-state index contributed by atoms with van der Waals surface area (Å²) in [4.78, 5) is 11.3. The van der Waals surface area contributed by atoms with Crippen molar-refractivity contribution in [2.45, 2.75) is 37.9 Å². The molecule has 1 rings (SSSR count). The first-order valence-corrected chi connectivity index (χ1v) is 5.78. The molecular weight excluding hydrogens is 232 g/mol. The molecule has 0 aromatic heterocycles. The number of hydrogen-bond donors (Lipinski definition) is 2. The van der Waals surface area contributed by atoms with E-state index in [0.29, 0.717) is 17.6 Å². The zero-order chi connectivity index (χ0) is 14.0. The van der Waals surface area contributed by atoms with E-state index in [-0.39, 0.29) is 0 Å². The van der Waals surface area contributed by atoms with Gasteiger partial charge >= 0.3 is 0 Å². The number of carbonyl (C=O) groups excluding carboxylic acids is 1. The first-order valence-electron chi connectivity index (χ1n) is 5.78. The molecule has 0 amide bonds. The normalized spacial score (nSPS) is 16.8. The topological polar surface area (TPSA) is 66.8 Å². The number of hydrogen-bond acceptors (Lipinski definition) is 4. The molecule has 0 bridgehead atoms. The summed E-state index contributed by atoms with van der Waals surface area (Å²) in [7, 11) is 1.55. The fraction of sp³-hybridized carbons (Fsp3) is 0.500. The number of benzene rings is 1. The van der Waals surface area contributed by atoms with Gasteiger partial charge in [-0.2, -0.15) is 0 Å². The summed E-state index contributed by atoms with van der Waals surface area (Å²) in [6.45, 7) is 4.41.